The lowest BCUT2D eigenvalue weighted by atomic mass is 9.95. The molecule has 0 bridgehead atoms. The molecule has 20 heavy (non-hydrogen) atoms. The van der Waals surface area contributed by atoms with Crippen molar-refractivity contribution < 1.29 is 0 Å². The molecule has 2 N–H and O–H groups in total. The summed E-state index contributed by atoms with van der Waals surface area (Å²) < 4.78 is 2.47. The summed E-state index contributed by atoms with van der Waals surface area (Å²) in [5, 5.41) is 0. The number of nitrogens with zero attached hydrogens (tertiary/aromatic N) is 3. The maximum absolute atomic E-state index is 5.88. The fourth-order valence-corrected chi connectivity index (χ4v) is 3.80. The van der Waals surface area contributed by atoms with Gasteiger partial charge in [-0.1, -0.05) is 19.3 Å². The maximum atomic E-state index is 5.88. The van der Waals surface area contributed by atoms with Gasteiger partial charge in [0.1, 0.15) is 0 Å². The molecular formula is C16H28N4. The number of hydrogen-bond acceptors (Lipinski definition) is 3. The molecule has 1 aliphatic carbocycles. The van der Waals surface area contributed by atoms with Gasteiger partial charge in [-0.25, -0.2) is 4.98 Å². The zero-order chi connectivity index (χ0) is 13.9. The van der Waals surface area contributed by atoms with Gasteiger partial charge in [-0.3, -0.25) is 0 Å². The Kier molecular flexibility index (Phi) is 4.29. The smallest absolute Gasteiger partial charge is 0.205 e. The Morgan fingerprint density at radius 2 is 2.00 bits per heavy atom. The van der Waals surface area contributed by atoms with Gasteiger partial charge in [-0.05, 0) is 45.1 Å². The summed E-state index contributed by atoms with van der Waals surface area (Å²) in [6, 6.07) is 0.665. The van der Waals surface area contributed by atoms with Crippen molar-refractivity contribution >= 4 is 5.95 Å². The van der Waals surface area contributed by atoms with Crippen LogP contribution in [0.3, 0.4) is 0 Å². The minimum atomic E-state index is 0.639. The van der Waals surface area contributed by atoms with Crippen LogP contribution < -0.4 is 10.6 Å². The van der Waals surface area contributed by atoms with Gasteiger partial charge >= 0.3 is 0 Å². The van der Waals surface area contributed by atoms with Crippen molar-refractivity contribution in [3.63, 3.8) is 0 Å². The lowest BCUT2D eigenvalue weighted by Gasteiger charge is -2.35. The molecule has 1 aromatic heterocycles. The molecule has 4 nitrogen and oxygen atoms in total. The number of nitrogens with two attached hydrogens (primary N) is 1. The predicted octanol–water partition coefficient (Wildman–Crippen LogP) is 2.87. The number of aromatic nitrogens is 2. The van der Waals surface area contributed by atoms with Gasteiger partial charge in [0.2, 0.25) is 5.95 Å². The Balaban J connectivity index is 1.81. The van der Waals surface area contributed by atoms with Crippen molar-refractivity contribution in [1.82, 2.24) is 9.55 Å². The van der Waals surface area contributed by atoms with E-state index in [1.54, 1.807) is 0 Å². The zero-order valence-corrected chi connectivity index (χ0v) is 12.7. The number of rotatable bonds is 3. The van der Waals surface area contributed by atoms with Crippen LogP contribution in [-0.4, -0.2) is 29.2 Å². The second kappa shape index (κ2) is 6.17. The Hall–Kier alpha value is -1.03. The second-order valence-corrected chi connectivity index (χ2v) is 6.57. The summed E-state index contributed by atoms with van der Waals surface area (Å²) in [5.74, 6) is 1.84. The molecule has 1 aliphatic heterocycles. The average molecular weight is 276 g/mol. The third-order valence-corrected chi connectivity index (χ3v) is 4.94. The van der Waals surface area contributed by atoms with Crippen LogP contribution in [0.5, 0.6) is 0 Å². The van der Waals surface area contributed by atoms with Crippen LogP contribution in [0.25, 0.3) is 0 Å². The largest absolute Gasteiger partial charge is 0.342 e. The first-order chi connectivity index (χ1) is 9.78. The maximum Gasteiger partial charge on any atom is 0.205 e. The fourth-order valence-electron chi connectivity index (χ4n) is 3.80. The van der Waals surface area contributed by atoms with E-state index >= 15 is 0 Å². The average Bonchev–Trinajstić information content (AvgIpc) is 2.90. The summed E-state index contributed by atoms with van der Waals surface area (Å²) in [5.41, 5.74) is 7.03. The summed E-state index contributed by atoms with van der Waals surface area (Å²) in [7, 11) is 0. The molecule has 0 aromatic carbocycles. The van der Waals surface area contributed by atoms with Crippen LogP contribution >= 0.6 is 0 Å². The van der Waals surface area contributed by atoms with E-state index < -0.39 is 0 Å². The van der Waals surface area contributed by atoms with Crippen molar-refractivity contribution in [2.24, 2.45) is 11.7 Å². The Labute approximate surface area is 122 Å². The number of hydrogen-bond donors (Lipinski definition) is 1. The number of anilines is 1. The molecule has 1 aromatic rings. The molecule has 1 saturated carbocycles. The quantitative estimate of drug-likeness (QED) is 0.923. The van der Waals surface area contributed by atoms with Gasteiger partial charge < -0.3 is 15.2 Å². The lowest BCUT2D eigenvalue weighted by Crippen LogP contribution is -2.40. The van der Waals surface area contributed by atoms with E-state index in [9.17, 15) is 0 Å². The van der Waals surface area contributed by atoms with Gasteiger partial charge in [0, 0.05) is 25.3 Å². The first-order valence-electron chi connectivity index (χ1n) is 8.28. The van der Waals surface area contributed by atoms with Crippen molar-refractivity contribution in [1.29, 1.82) is 0 Å². The van der Waals surface area contributed by atoms with E-state index in [0.717, 1.165) is 25.3 Å². The highest BCUT2D eigenvalue weighted by Crippen LogP contribution is 2.33. The van der Waals surface area contributed by atoms with Gasteiger partial charge in [0.25, 0.3) is 0 Å². The van der Waals surface area contributed by atoms with Crippen LogP contribution in [0.2, 0.25) is 0 Å². The minimum absolute atomic E-state index is 0.639. The zero-order valence-electron chi connectivity index (χ0n) is 12.7. The number of imidazole rings is 1. The molecule has 0 spiro atoms. The van der Waals surface area contributed by atoms with Gasteiger partial charge in [-0.15, -0.1) is 0 Å². The number of piperidine rings is 1. The van der Waals surface area contributed by atoms with Crippen LogP contribution in [0.4, 0.5) is 5.95 Å². The molecule has 3 rings (SSSR count). The third-order valence-electron chi connectivity index (χ3n) is 4.94. The van der Waals surface area contributed by atoms with Gasteiger partial charge in [0.15, 0.2) is 0 Å². The fraction of sp³-hybridized carbons (Fsp3) is 0.812. The highest BCUT2D eigenvalue weighted by atomic mass is 15.3. The topological polar surface area (TPSA) is 47.1 Å². The number of aryl methyl sites for hydroxylation is 1. The molecule has 2 fully saturated rings. The molecule has 0 amide bonds. The van der Waals surface area contributed by atoms with Crippen LogP contribution in [0.15, 0.2) is 6.20 Å². The van der Waals surface area contributed by atoms with E-state index in [0.29, 0.717) is 12.0 Å². The molecule has 112 valence electrons. The highest BCUT2D eigenvalue weighted by molar-refractivity contribution is 5.35. The van der Waals surface area contributed by atoms with Gasteiger partial charge in [0.05, 0.1) is 5.69 Å². The Bertz CT molecular complexity index is 434. The molecule has 1 saturated heterocycles. The highest BCUT2D eigenvalue weighted by Gasteiger charge is 2.25. The SMILES string of the molecule is Cc1cn(C2CCCCC2)c(N2CCCC(CN)C2)n1. The van der Waals surface area contributed by atoms with Gasteiger partial charge in [-0.2, -0.15) is 0 Å². The standard InChI is InChI=1S/C16H28N4/c1-13-11-20(15-7-3-2-4-8-15)16(18-13)19-9-5-6-14(10-17)12-19/h11,14-15H,2-10,12,17H2,1H3. The molecule has 2 heterocycles. The Morgan fingerprint density at radius 1 is 1.20 bits per heavy atom. The summed E-state index contributed by atoms with van der Waals surface area (Å²) >= 11 is 0. The van der Waals surface area contributed by atoms with Crippen molar-refractivity contribution in [2.75, 3.05) is 24.5 Å². The third kappa shape index (κ3) is 2.85. The van der Waals surface area contributed by atoms with E-state index in [1.165, 1.54) is 50.9 Å². The molecule has 1 unspecified atom stereocenters. The Morgan fingerprint density at radius 3 is 2.75 bits per heavy atom. The van der Waals surface area contributed by atoms with Crippen LogP contribution in [0.1, 0.15) is 56.7 Å². The van der Waals surface area contributed by atoms with E-state index in [2.05, 4.69) is 22.6 Å². The normalized spacial score (nSPS) is 25.1. The molecule has 4 heteroatoms. The summed E-state index contributed by atoms with van der Waals surface area (Å²) in [6.07, 6.45) is 11.6. The van der Waals surface area contributed by atoms with E-state index in [4.69, 9.17) is 10.7 Å². The van der Waals surface area contributed by atoms with Crippen LogP contribution in [-0.2, 0) is 0 Å². The summed E-state index contributed by atoms with van der Waals surface area (Å²) in [4.78, 5) is 7.30. The first kappa shape index (κ1) is 13.9. The molecule has 2 aliphatic rings. The first-order valence-corrected chi connectivity index (χ1v) is 8.28. The van der Waals surface area contributed by atoms with Crippen molar-refractivity contribution in [3.05, 3.63) is 11.9 Å². The van der Waals surface area contributed by atoms with Crippen molar-refractivity contribution in [3.8, 4) is 0 Å². The monoisotopic (exact) mass is 276 g/mol. The van der Waals surface area contributed by atoms with Crippen molar-refractivity contribution in [2.45, 2.75) is 57.9 Å². The van der Waals surface area contributed by atoms with Crippen LogP contribution in [0, 0.1) is 12.8 Å². The summed E-state index contributed by atoms with van der Waals surface area (Å²) in [6.45, 7) is 5.14. The lowest BCUT2D eigenvalue weighted by molar-refractivity contribution is 0.346. The molecular weight excluding hydrogens is 248 g/mol. The van der Waals surface area contributed by atoms with E-state index in [1.807, 2.05) is 0 Å². The molecule has 1 atom stereocenters. The minimum Gasteiger partial charge on any atom is -0.342 e. The molecule has 0 radical (unpaired) electrons. The predicted molar refractivity (Wildman–Crippen MR) is 83.1 cm³/mol. The van der Waals surface area contributed by atoms with E-state index in [-0.39, 0.29) is 0 Å². The second-order valence-electron chi connectivity index (χ2n) is 6.57.